The van der Waals surface area contributed by atoms with Gasteiger partial charge in [0.25, 0.3) is 0 Å². The Balaban J connectivity index is 0.00000182. The van der Waals surface area contributed by atoms with E-state index in [4.69, 9.17) is 0 Å². The minimum atomic E-state index is 0. The molecule has 1 amide bonds. The topological polar surface area (TPSA) is 44.4 Å². The van der Waals surface area contributed by atoms with Crippen LogP contribution in [0.1, 0.15) is 50.2 Å². The van der Waals surface area contributed by atoms with Crippen LogP contribution in [0.2, 0.25) is 0 Å². The number of rotatable bonds is 7. The molecule has 2 fully saturated rings. The Morgan fingerprint density at radius 2 is 1.78 bits per heavy atom. The van der Waals surface area contributed by atoms with Crippen molar-refractivity contribution in [3.63, 3.8) is 0 Å². The molecule has 1 unspecified atom stereocenters. The van der Waals surface area contributed by atoms with Crippen molar-refractivity contribution in [1.82, 2.24) is 15.5 Å². The summed E-state index contributed by atoms with van der Waals surface area (Å²) in [4.78, 5) is 14.9. The molecule has 0 spiro atoms. The minimum absolute atomic E-state index is 0. The fraction of sp³-hybridized carbons (Fsp3) is 0.667. The van der Waals surface area contributed by atoms with E-state index in [0.29, 0.717) is 24.8 Å². The average Bonchev–Trinajstić information content (AvgIpc) is 3.15. The van der Waals surface area contributed by atoms with Gasteiger partial charge in [-0.15, -0.1) is 24.8 Å². The summed E-state index contributed by atoms with van der Waals surface area (Å²) in [7, 11) is 0. The lowest BCUT2D eigenvalue weighted by atomic mass is 9.84. The number of nitrogens with zero attached hydrogens (tertiary/aromatic N) is 1. The molecule has 4 nitrogen and oxygen atoms in total. The van der Waals surface area contributed by atoms with Crippen LogP contribution in [0.5, 0.6) is 0 Å². The number of likely N-dealkylation sites (tertiary alicyclic amines) is 1. The normalized spacial score (nSPS) is 19.0. The Morgan fingerprint density at radius 3 is 2.44 bits per heavy atom. The molecular weight excluding hydrogens is 381 g/mol. The number of carbonyl (C=O) groups is 1. The van der Waals surface area contributed by atoms with E-state index in [0.717, 1.165) is 19.6 Å². The van der Waals surface area contributed by atoms with Crippen molar-refractivity contribution in [2.45, 2.75) is 52.1 Å². The summed E-state index contributed by atoms with van der Waals surface area (Å²) in [6.07, 6.45) is 5.68. The van der Waals surface area contributed by atoms with E-state index in [2.05, 4.69) is 46.7 Å². The highest BCUT2D eigenvalue weighted by Crippen LogP contribution is 2.24. The highest BCUT2D eigenvalue weighted by atomic mass is 35.5. The van der Waals surface area contributed by atoms with Crippen molar-refractivity contribution in [1.29, 1.82) is 0 Å². The molecule has 2 saturated heterocycles. The number of benzene rings is 1. The largest absolute Gasteiger partial charge is 0.352 e. The van der Waals surface area contributed by atoms with E-state index in [1.165, 1.54) is 49.9 Å². The van der Waals surface area contributed by atoms with Crippen LogP contribution in [0, 0.1) is 11.8 Å². The van der Waals surface area contributed by atoms with E-state index >= 15 is 0 Å². The molecule has 1 aromatic rings. The van der Waals surface area contributed by atoms with Crippen LogP contribution in [-0.2, 0) is 17.9 Å². The SMILES string of the molecule is CC(CC(=O)NCc1ccccc1CN1CCCC1)C1CCNCC1.Cl.Cl. The standard InChI is InChI=1S/C21H33N3O.2ClH/c1-17(18-8-10-22-11-9-18)14-21(25)23-15-19-6-2-3-7-20(19)16-24-12-4-5-13-24;;/h2-3,6-7,17-18,22H,4-5,8-16H2,1H3,(H,23,25);2*1H. The zero-order valence-corrected chi connectivity index (χ0v) is 18.0. The third-order valence-corrected chi connectivity index (χ3v) is 5.88. The molecule has 0 aromatic heterocycles. The summed E-state index contributed by atoms with van der Waals surface area (Å²) in [5.41, 5.74) is 2.62. The van der Waals surface area contributed by atoms with Crippen molar-refractivity contribution in [2.75, 3.05) is 26.2 Å². The lowest BCUT2D eigenvalue weighted by molar-refractivity contribution is -0.122. The Morgan fingerprint density at radius 1 is 1.15 bits per heavy atom. The van der Waals surface area contributed by atoms with Gasteiger partial charge in [0.05, 0.1) is 0 Å². The van der Waals surface area contributed by atoms with Crippen LogP contribution in [0.3, 0.4) is 0 Å². The van der Waals surface area contributed by atoms with E-state index in [9.17, 15) is 4.79 Å². The average molecular weight is 416 g/mol. The molecule has 2 aliphatic rings. The molecular formula is C21H35Cl2N3O. The van der Waals surface area contributed by atoms with Gasteiger partial charge in [-0.1, -0.05) is 31.2 Å². The maximum Gasteiger partial charge on any atom is 0.220 e. The fourth-order valence-corrected chi connectivity index (χ4v) is 4.20. The van der Waals surface area contributed by atoms with Gasteiger partial charge in [-0.3, -0.25) is 9.69 Å². The highest BCUT2D eigenvalue weighted by Gasteiger charge is 2.22. The molecule has 0 radical (unpaired) electrons. The second-order valence-corrected chi connectivity index (χ2v) is 7.80. The molecule has 27 heavy (non-hydrogen) atoms. The molecule has 0 aliphatic carbocycles. The van der Waals surface area contributed by atoms with Gasteiger partial charge in [0.15, 0.2) is 0 Å². The maximum absolute atomic E-state index is 12.4. The van der Waals surface area contributed by atoms with Crippen molar-refractivity contribution in [3.05, 3.63) is 35.4 Å². The number of carbonyl (C=O) groups excluding carboxylic acids is 1. The summed E-state index contributed by atoms with van der Waals surface area (Å²) in [5, 5.41) is 6.56. The second kappa shape index (κ2) is 12.6. The molecule has 0 bridgehead atoms. The first-order chi connectivity index (χ1) is 12.2. The molecule has 2 aliphatic heterocycles. The van der Waals surface area contributed by atoms with Crippen LogP contribution in [0.25, 0.3) is 0 Å². The van der Waals surface area contributed by atoms with Gasteiger partial charge < -0.3 is 10.6 Å². The van der Waals surface area contributed by atoms with Gasteiger partial charge in [-0.2, -0.15) is 0 Å². The monoisotopic (exact) mass is 415 g/mol. The van der Waals surface area contributed by atoms with Crippen LogP contribution in [0.15, 0.2) is 24.3 Å². The first-order valence-electron chi connectivity index (χ1n) is 9.99. The Kier molecular flexibility index (Phi) is 11.3. The van der Waals surface area contributed by atoms with E-state index in [1.807, 2.05) is 0 Å². The molecule has 1 aromatic carbocycles. The molecule has 2 N–H and O–H groups in total. The number of amides is 1. The summed E-state index contributed by atoms with van der Waals surface area (Å²) in [6, 6.07) is 8.54. The van der Waals surface area contributed by atoms with E-state index in [1.54, 1.807) is 0 Å². The number of piperidine rings is 1. The molecule has 1 atom stereocenters. The number of hydrogen-bond donors (Lipinski definition) is 2. The van der Waals surface area contributed by atoms with Gasteiger partial charge in [0.2, 0.25) is 5.91 Å². The van der Waals surface area contributed by atoms with E-state index < -0.39 is 0 Å². The zero-order chi connectivity index (χ0) is 17.5. The molecule has 154 valence electrons. The van der Waals surface area contributed by atoms with Crippen LogP contribution in [0.4, 0.5) is 0 Å². The first-order valence-corrected chi connectivity index (χ1v) is 9.99. The molecule has 0 saturated carbocycles. The van der Waals surface area contributed by atoms with Crippen LogP contribution < -0.4 is 10.6 Å². The van der Waals surface area contributed by atoms with Crippen molar-refractivity contribution in [3.8, 4) is 0 Å². The van der Waals surface area contributed by atoms with Gasteiger partial charge in [-0.05, 0) is 74.8 Å². The first kappa shape index (κ1) is 24.2. The van der Waals surface area contributed by atoms with Gasteiger partial charge in [0, 0.05) is 19.5 Å². The second-order valence-electron chi connectivity index (χ2n) is 7.80. The summed E-state index contributed by atoms with van der Waals surface area (Å²) < 4.78 is 0. The van der Waals surface area contributed by atoms with Crippen LogP contribution >= 0.6 is 24.8 Å². The third-order valence-electron chi connectivity index (χ3n) is 5.88. The lowest BCUT2D eigenvalue weighted by Crippen LogP contribution is -2.33. The Hall–Kier alpha value is -0.810. The number of hydrogen-bond acceptors (Lipinski definition) is 3. The van der Waals surface area contributed by atoms with Crippen LogP contribution in [-0.4, -0.2) is 37.0 Å². The Labute approximate surface area is 176 Å². The maximum atomic E-state index is 12.4. The predicted octanol–water partition coefficient (Wildman–Crippen LogP) is 3.77. The van der Waals surface area contributed by atoms with Crippen molar-refractivity contribution < 1.29 is 4.79 Å². The van der Waals surface area contributed by atoms with Gasteiger partial charge in [-0.25, -0.2) is 0 Å². The number of nitrogens with one attached hydrogen (secondary N) is 2. The van der Waals surface area contributed by atoms with E-state index in [-0.39, 0.29) is 30.7 Å². The summed E-state index contributed by atoms with van der Waals surface area (Å²) in [6.45, 7) is 8.50. The van der Waals surface area contributed by atoms with Gasteiger partial charge >= 0.3 is 0 Å². The summed E-state index contributed by atoms with van der Waals surface area (Å²) >= 11 is 0. The lowest BCUT2D eigenvalue weighted by Gasteiger charge is -2.28. The van der Waals surface area contributed by atoms with Gasteiger partial charge in [0.1, 0.15) is 0 Å². The minimum Gasteiger partial charge on any atom is -0.352 e. The third kappa shape index (κ3) is 7.61. The predicted molar refractivity (Wildman–Crippen MR) is 117 cm³/mol. The highest BCUT2D eigenvalue weighted by molar-refractivity contribution is 5.85. The van der Waals surface area contributed by atoms with Crippen molar-refractivity contribution >= 4 is 30.7 Å². The fourth-order valence-electron chi connectivity index (χ4n) is 4.20. The molecule has 6 heteroatoms. The zero-order valence-electron chi connectivity index (χ0n) is 16.4. The van der Waals surface area contributed by atoms with Crippen molar-refractivity contribution in [2.24, 2.45) is 11.8 Å². The number of halogens is 2. The quantitative estimate of drug-likeness (QED) is 0.711. The Bertz CT molecular complexity index is 558. The molecule has 2 heterocycles. The molecule has 3 rings (SSSR count). The smallest absolute Gasteiger partial charge is 0.220 e. The summed E-state index contributed by atoms with van der Waals surface area (Å²) in [5.74, 6) is 1.36.